The third kappa shape index (κ3) is 4.45. The van der Waals surface area contributed by atoms with Crippen molar-refractivity contribution >= 4 is 0 Å². The van der Waals surface area contributed by atoms with Crippen molar-refractivity contribution < 1.29 is 0 Å². The zero-order chi connectivity index (χ0) is 12.0. The third-order valence-electron chi connectivity index (χ3n) is 3.95. The Bertz CT molecular complexity index is 176. The van der Waals surface area contributed by atoms with E-state index in [4.69, 9.17) is 0 Å². The molecule has 1 rings (SSSR count). The highest BCUT2D eigenvalue weighted by molar-refractivity contribution is 4.84. The third-order valence-corrected chi connectivity index (χ3v) is 3.95. The minimum atomic E-state index is 0.823. The number of hydrogen-bond acceptors (Lipinski definition) is 1. The lowest BCUT2D eigenvalue weighted by Crippen LogP contribution is -2.34. The smallest absolute Gasteiger partial charge is 0.0121 e. The van der Waals surface area contributed by atoms with Crippen LogP contribution in [0.4, 0.5) is 0 Å². The first-order valence-electron chi connectivity index (χ1n) is 7.39. The minimum absolute atomic E-state index is 0.823. The summed E-state index contributed by atoms with van der Waals surface area (Å²) < 4.78 is 0. The fourth-order valence-corrected chi connectivity index (χ4v) is 3.03. The van der Waals surface area contributed by atoms with E-state index in [9.17, 15) is 0 Å². The Morgan fingerprint density at radius 3 is 2.56 bits per heavy atom. The summed E-state index contributed by atoms with van der Waals surface area (Å²) in [6, 6.07) is 0.888. The van der Waals surface area contributed by atoms with Gasteiger partial charge in [0.15, 0.2) is 0 Å². The lowest BCUT2D eigenvalue weighted by molar-refractivity contribution is 0.194. The van der Waals surface area contributed by atoms with Crippen LogP contribution in [0.1, 0.15) is 66.2 Å². The number of hydrogen-bond donors (Lipinski definition) is 0. The van der Waals surface area contributed by atoms with Crippen molar-refractivity contribution in [2.24, 2.45) is 11.8 Å². The molecular weight excluding hydrogens is 194 g/mol. The summed E-state index contributed by atoms with van der Waals surface area (Å²) >= 11 is 0. The molecule has 1 saturated heterocycles. The molecule has 2 unspecified atom stereocenters. The van der Waals surface area contributed by atoms with E-state index in [1.165, 1.54) is 51.6 Å². The van der Waals surface area contributed by atoms with E-state index >= 15 is 0 Å². The van der Waals surface area contributed by atoms with E-state index in [0.29, 0.717) is 0 Å². The van der Waals surface area contributed by atoms with Crippen LogP contribution in [0, 0.1) is 11.8 Å². The standard InChI is InChI=1S/C15H31N/c1-5-6-7-8-9-15-14(4)10-11-16(15)12-13(2)3/h13-15H,5-12H2,1-4H3. The molecule has 1 aliphatic heterocycles. The molecule has 0 N–H and O–H groups in total. The van der Waals surface area contributed by atoms with Crippen molar-refractivity contribution in [3.05, 3.63) is 0 Å². The van der Waals surface area contributed by atoms with Crippen molar-refractivity contribution in [2.45, 2.75) is 72.3 Å². The van der Waals surface area contributed by atoms with E-state index in [2.05, 4.69) is 32.6 Å². The molecule has 0 amide bonds. The van der Waals surface area contributed by atoms with E-state index in [0.717, 1.165) is 17.9 Å². The van der Waals surface area contributed by atoms with Crippen LogP contribution in [0.5, 0.6) is 0 Å². The average molecular weight is 225 g/mol. The van der Waals surface area contributed by atoms with E-state index < -0.39 is 0 Å². The Hall–Kier alpha value is -0.0400. The Morgan fingerprint density at radius 1 is 1.19 bits per heavy atom. The summed E-state index contributed by atoms with van der Waals surface area (Å²) in [4.78, 5) is 2.75. The van der Waals surface area contributed by atoms with Crippen molar-refractivity contribution in [1.29, 1.82) is 0 Å². The van der Waals surface area contributed by atoms with Crippen LogP contribution in [0.2, 0.25) is 0 Å². The summed E-state index contributed by atoms with van der Waals surface area (Å²) in [5.74, 6) is 1.75. The van der Waals surface area contributed by atoms with Gasteiger partial charge in [-0.15, -0.1) is 0 Å². The molecule has 1 fully saturated rings. The zero-order valence-electron chi connectivity index (χ0n) is 11.8. The van der Waals surface area contributed by atoms with Gasteiger partial charge in [-0.25, -0.2) is 0 Å². The monoisotopic (exact) mass is 225 g/mol. The highest BCUT2D eigenvalue weighted by Gasteiger charge is 2.30. The van der Waals surface area contributed by atoms with E-state index in [1.54, 1.807) is 0 Å². The van der Waals surface area contributed by atoms with Gasteiger partial charge >= 0.3 is 0 Å². The predicted octanol–water partition coefficient (Wildman–Crippen LogP) is 4.32. The minimum Gasteiger partial charge on any atom is -0.300 e. The van der Waals surface area contributed by atoms with Crippen LogP contribution in [-0.2, 0) is 0 Å². The normalized spacial score (nSPS) is 26.8. The van der Waals surface area contributed by atoms with Gasteiger partial charge in [0.1, 0.15) is 0 Å². The van der Waals surface area contributed by atoms with Crippen LogP contribution in [0.3, 0.4) is 0 Å². The van der Waals surface area contributed by atoms with Gasteiger partial charge in [0.25, 0.3) is 0 Å². The number of unbranched alkanes of at least 4 members (excludes halogenated alkanes) is 3. The second kappa shape index (κ2) is 7.32. The molecule has 16 heavy (non-hydrogen) atoms. The molecule has 2 atom stereocenters. The summed E-state index contributed by atoms with van der Waals surface area (Å²) in [6.07, 6.45) is 8.52. The molecule has 0 aromatic carbocycles. The molecule has 1 aliphatic rings. The molecule has 0 aliphatic carbocycles. The molecular formula is C15H31N. The van der Waals surface area contributed by atoms with Crippen molar-refractivity contribution in [2.75, 3.05) is 13.1 Å². The van der Waals surface area contributed by atoms with Crippen LogP contribution < -0.4 is 0 Å². The molecule has 1 nitrogen and oxygen atoms in total. The van der Waals surface area contributed by atoms with Gasteiger partial charge in [0, 0.05) is 12.6 Å². The Morgan fingerprint density at radius 2 is 1.94 bits per heavy atom. The largest absolute Gasteiger partial charge is 0.300 e. The predicted molar refractivity (Wildman–Crippen MR) is 72.7 cm³/mol. The van der Waals surface area contributed by atoms with E-state index in [1.807, 2.05) is 0 Å². The second-order valence-corrected chi connectivity index (χ2v) is 6.07. The van der Waals surface area contributed by atoms with Gasteiger partial charge < -0.3 is 0 Å². The molecule has 0 aromatic rings. The SMILES string of the molecule is CCCCCCC1C(C)CCN1CC(C)C. The lowest BCUT2D eigenvalue weighted by atomic mass is 9.96. The number of likely N-dealkylation sites (tertiary alicyclic amines) is 1. The maximum absolute atomic E-state index is 2.75. The highest BCUT2D eigenvalue weighted by Crippen LogP contribution is 2.28. The topological polar surface area (TPSA) is 3.24 Å². The number of nitrogens with zero attached hydrogens (tertiary/aromatic N) is 1. The first kappa shape index (κ1) is 14.0. The van der Waals surface area contributed by atoms with Crippen LogP contribution in [-0.4, -0.2) is 24.0 Å². The quantitative estimate of drug-likeness (QED) is 0.583. The number of rotatable bonds is 7. The summed E-state index contributed by atoms with van der Waals surface area (Å²) in [5, 5.41) is 0. The average Bonchev–Trinajstić information content (AvgIpc) is 2.55. The molecule has 0 spiro atoms. The van der Waals surface area contributed by atoms with Crippen molar-refractivity contribution in [3.63, 3.8) is 0 Å². The van der Waals surface area contributed by atoms with Crippen LogP contribution in [0.25, 0.3) is 0 Å². The fourth-order valence-electron chi connectivity index (χ4n) is 3.03. The molecule has 1 heteroatoms. The first-order valence-corrected chi connectivity index (χ1v) is 7.39. The fraction of sp³-hybridized carbons (Fsp3) is 1.00. The molecule has 1 heterocycles. The van der Waals surface area contributed by atoms with Crippen LogP contribution in [0.15, 0.2) is 0 Å². The zero-order valence-corrected chi connectivity index (χ0v) is 11.8. The van der Waals surface area contributed by atoms with Gasteiger partial charge in [0.05, 0.1) is 0 Å². The maximum Gasteiger partial charge on any atom is 0.0121 e. The van der Waals surface area contributed by atoms with Crippen molar-refractivity contribution in [3.8, 4) is 0 Å². The summed E-state index contributed by atoms with van der Waals surface area (Å²) in [5.41, 5.74) is 0. The summed E-state index contributed by atoms with van der Waals surface area (Å²) in [7, 11) is 0. The first-order chi connectivity index (χ1) is 7.65. The second-order valence-electron chi connectivity index (χ2n) is 6.07. The molecule has 0 aromatic heterocycles. The van der Waals surface area contributed by atoms with Gasteiger partial charge in [-0.1, -0.05) is 53.4 Å². The molecule has 0 radical (unpaired) electrons. The molecule has 96 valence electrons. The maximum atomic E-state index is 2.75. The van der Waals surface area contributed by atoms with E-state index in [-0.39, 0.29) is 0 Å². The highest BCUT2D eigenvalue weighted by atomic mass is 15.2. The van der Waals surface area contributed by atoms with Gasteiger partial charge in [-0.3, -0.25) is 4.90 Å². The van der Waals surface area contributed by atoms with Gasteiger partial charge in [0.2, 0.25) is 0 Å². The Balaban J connectivity index is 2.29. The van der Waals surface area contributed by atoms with Gasteiger partial charge in [-0.05, 0) is 31.2 Å². The lowest BCUT2D eigenvalue weighted by Gasteiger charge is -2.28. The Kier molecular flexibility index (Phi) is 6.41. The summed E-state index contributed by atoms with van der Waals surface area (Å²) in [6.45, 7) is 12.1. The molecule has 0 bridgehead atoms. The van der Waals surface area contributed by atoms with Crippen LogP contribution >= 0.6 is 0 Å². The Labute approximate surface area is 103 Å². The molecule has 0 saturated carbocycles. The van der Waals surface area contributed by atoms with Gasteiger partial charge in [-0.2, -0.15) is 0 Å². The van der Waals surface area contributed by atoms with Crippen molar-refractivity contribution in [1.82, 2.24) is 4.90 Å².